The van der Waals surface area contributed by atoms with Crippen molar-refractivity contribution in [3.05, 3.63) is 0 Å². The summed E-state index contributed by atoms with van der Waals surface area (Å²) in [6.45, 7) is 6.34. The van der Waals surface area contributed by atoms with Crippen LogP contribution in [-0.4, -0.2) is 18.0 Å². The molecule has 0 aromatic rings. The molecule has 0 saturated heterocycles. The van der Waals surface area contributed by atoms with E-state index in [4.69, 9.17) is 5.11 Å². The third-order valence-electron chi connectivity index (χ3n) is 2.34. The monoisotopic (exact) mass is 172 g/mol. The predicted molar refractivity (Wildman–Crippen MR) is 49.9 cm³/mol. The second-order valence-electron chi connectivity index (χ2n) is 3.91. The Hall–Kier alpha value is -0.370. The molecular weight excluding hydrogens is 152 g/mol. The standard InChI is InChI=1S/C10H20O2/c1-8(2)10(7-12)5-4-9(3)6-11/h7-11H,4-6H2,1-3H3. The van der Waals surface area contributed by atoms with Crippen molar-refractivity contribution >= 4 is 6.29 Å². The number of rotatable bonds is 6. The largest absolute Gasteiger partial charge is 0.396 e. The van der Waals surface area contributed by atoms with Crippen LogP contribution in [0.2, 0.25) is 0 Å². The van der Waals surface area contributed by atoms with E-state index in [1.807, 2.05) is 6.92 Å². The van der Waals surface area contributed by atoms with Crippen molar-refractivity contribution in [2.75, 3.05) is 6.61 Å². The molecule has 1 N–H and O–H groups in total. The molecule has 0 aromatic carbocycles. The molecule has 0 heterocycles. The minimum Gasteiger partial charge on any atom is -0.396 e. The molecule has 0 aliphatic rings. The fourth-order valence-electron chi connectivity index (χ4n) is 1.13. The molecule has 0 amide bonds. The van der Waals surface area contributed by atoms with E-state index in [1.165, 1.54) is 0 Å². The molecule has 2 nitrogen and oxygen atoms in total. The molecule has 2 atom stereocenters. The molecule has 0 aliphatic carbocycles. The van der Waals surface area contributed by atoms with E-state index in [9.17, 15) is 4.79 Å². The first-order chi connectivity index (χ1) is 5.61. The van der Waals surface area contributed by atoms with Gasteiger partial charge in [-0.3, -0.25) is 0 Å². The van der Waals surface area contributed by atoms with Gasteiger partial charge in [0.25, 0.3) is 0 Å². The molecule has 2 heteroatoms. The molecule has 0 rings (SSSR count). The van der Waals surface area contributed by atoms with Crippen LogP contribution in [0.5, 0.6) is 0 Å². The summed E-state index contributed by atoms with van der Waals surface area (Å²) in [5.74, 6) is 0.915. The van der Waals surface area contributed by atoms with Crippen LogP contribution in [0.25, 0.3) is 0 Å². The Balaban J connectivity index is 3.65. The van der Waals surface area contributed by atoms with Gasteiger partial charge in [-0.2, -0.15) is 0 Å². The number of carbonyl (C=O) groups is 1. The lowest BCUT2D eigenvalue weighted by atomic mass is 9.90. The summed E-state index contributed by atoms with van der Waals surface area (Å²) >= 11 is 0. The number of aliphatic hydroxyl groups excluding tert-OH is 1. The Bertz CT molecular complexity index is 121. The lowest BCUT2D eigenvalue weighted by Crippen LogP contribution is -2.12. The Morgan fingerprint density at radius 3 is 2.17 bits per heavy atom. The summed E-state index contributed by atoms with van der Waals surface area (Å²) in [7, 11) is 0. The summed E-state index contributed by atoms with van der Waals surface area (Å²) in [5, 5.41) is 8.77. The first kappa shape index (κ1) is 11.6. The lowest BCUT2D eigenvalue weighted by molar-refractivity contribution is -0.112. The van der Waals surface area contributed by atoms with Gasteiger partial charge >= 0.3 is 0 Å². The van der Waals surface area contributed by atoms with Gasteiger partial charge in [-0.15, -0.1) is 0 Å². The number of carbonyl (C=O) groups excluding carboxylic acids is 1. The molecule has 0 aliphatic heterocycles. The van der Waals surface area contributed by atoms with Gasteiger partial charge in [0.1, 0.15) is 6.29 Å². The second-order valence-corrected chi connectivity index (χ2v) is 3.91. The molecule has 2 unspecified atom stereocenters. The first-order valence-electron chi connectivity index (χ1n) is 4.68. The van der Waals surface area contributed by atoms with Crippen LogP contribution in [0.4, 0.5) is 0 Å². The molecule has 0 bridgehead atoms. The Morgan fingerprint density at radius 2 is 1.83 bits per heavy atom. The van der Waals surface area contributed by atoms with E-state index in [2.05, 4.69) is 13.8 Å². The molecule has 12 heavy (non-hydrogen) atoms. The van der Waals surface area contributed by atoms with E-state index >= 15 is 0 Å². The average Bonchev–Trinajstić information content (AvgIpc) is 2.04. The SMILES string of the molecule is CC(CO)CCC(C=O)C(C)C. The highest BCUT2D eigenvalue weighted by molar-refractivity contribution is 5.53. The summed E-state index contributed by atoms with van der Waals surface area (Å²) in [5.41, 5.74) is 0. The number of aldehydes is 1. The highest BCUT2D eigenvalue weighted by Crippen LogP contribution is 2.17. The highest BCUT2D eigenvalue weighted by atomic mass is 16.3. The quantitative estimate of drug-likeness (QED) is 0.621. The topological polar surface area (TPSA) is 37.3 Å². The fourth-order valence-corrected chi connectivity index (χ4v) is 1.13. The Morgan fingerprint density at radius 1 is 1.25 bits per heavy atom. The molecule has 0 fully saturated rings. The van der Waals surface area contributed by atoms with Crippen molar-refractivity contribution in [3.63, 3.8) is 0 Å². The number of hydrogen-bond acceptors (Lipinski definition) is 2. The smallest absolute Gasteiger partial charge is 0.123 e. The summed E-state index contributed by atoms with van der Waals surface area (Å²) in [6, 6.07) is 0. The maximum absolute atomic E-state index is 10.6. The van der Waals surface area contributed by atoms with Crippen molar-refractivity contribution in [1.82, 2.24) is 0 Å². The number of aliphatic hydroxyl groups is 1. The average molecular weight is 172 g/mol. The van der Waals surface area contributed by atoms with Crippen LogP contribution >= 0.6 is 0 Å². The molecular formula is C10H20O2. The van der Waals surface area contributed by atoms with Gasteiger partial charge in [-0.25, -0.2) is 0 Å². The highest BCUT2D eigenvalue weighted by Gasteiger charge is 2.13. The molecule has 72 valence electrons. The van der Waals surface area contributed by atoms with Crippen LogP contribution < -0.4 is 0 Å². The van der Waals surface area contributed by atoms with Gasteiger partial charge < -0.3 is 9.90 Å². The van der Waals surface area contributed by atoms with Crippen LogP contribution in [0.15, 0.2) is 0 Å². The molecule has 0 aromatic heterocycles. The third kappa shape index (κ3) is 4.50. The van der Waals surface area contributed by atoms with Gasteiger partial charge in [0.2, 0.25) is 0 Å². The van der Waals surface area contributed by atoms with E-state index < -0.39 is 0 Å². The van der Waals surface area contributed by atoms with Crippen molar-refractivity contribution in [2.24, 2.45) is 17.8 Å². The van der Waals surface area contributed by atoms with Gasteiger partial charge in [0.05, 0.1) is 0 Å². The second kappa shape index (κ2) is 6.18. The van der Waals surface area contributed by atoms with E-state index in [-0.39, 0.29) is 12.5 Å². The fraction of sp³-hybridized carbons (Fsp3) is 0.900. The van der Waals surface area contributed by atoms with Gasteiger partial charge in [-0.05, 0) is 24.7 Å². The molecule has 0 saturated carbocycles. The predicted octanol–water partition coefficient (Wildman–Crippen LogP) is 1.87. The van der Waals surface area contributed by atoms with Crippen LogP contribution in [-0.2, 0) is 4.79 Å². The first-order valence-corrected chi connectivity index (χ1v) is 4.68. The van der Waals surface area contributed by atoms with E-state index in [0.29, 0.717) is 11.8 Å². The van der Waals surface area contributed by atoms with E-state index in [0.717, 1.165) is 19.1 Å². The van der Waals surface area contributed by atoms with Crippen LogP contribution in [0.3, 0.4) is 0 Å². The zero-order chi connectivity index (χ0) is 9.56. The summed E-state index contributed by atoms with van der Waals surface area (Å²) < 4.78 is 0. The number of hydrogen-bond donors (Lipinski definition) is 1. The maximum Gasteiger partial charge on any atom is 0.123 e. The van der Waals surface area contributed by atoms with Gasteiger partial charge in [0, 0.05) is 12.5 Å². The summed E-state index contributed by atoms with van der Waals surface area (Å²) in [6.07, 6.45) is 2.88. The maximum atomic E-state index is 10.6. The summed E-state index contributed by atoms with van der Waals surface area (Å²) in [4.78, 5) is 10.6. The van der Waals surface area contributed by atoms with E-state index in [1.54, 1.807) is 0 Å². The van der Waals surface area contributed by atoms with Crippen molar-refractivity contribution in [2.45, 2.75) is 33.6 Å². The van der Waals surface area contributed by atoms with Crippen LogP contribution in [0.1, 0.15) is 33.6 Å². The minimum atomic E-state index is 0.166. The zero-order valence-electron chi connectivity index (χ0n) is 8.29. The van der Waals surface area contributed by atoms with Crippen molar-refractivity contribution in [3.8, 4) is 0 Å². The Kier molecular flexibility index (Phi) is 5.99. The minimum absolute atomic E-state index is 0.166. The van der Waals surface area contributed by atoms with Gasteiger partial charge in [-0.1, -0.05) is 20.8 Å². The molecule has 0 radical (unpaired) electrons. The van der Waals surface area contributed by atoms with Gasteiger partial charge in [0.15, 0.2) is 0 Å². The van der Waals surface area contributed by atoms with Crippen LogP contribution in [0, 0.1) is 17.8 Å². The van der Waals surface area contributed by atoms with Crippen molar-refractivity contribution in [1.29, 1.82) is 0 Å². The van der Waals surface area contributed by atoms with Crippen molar-refractivity contribution < 1.29 is 9.90 Å². The molecule has 0 spiro atoms. The Labute approximate surface area is 75.0 Å². The third-order valence-corrected chi connectivity index (χ3v) is 2.34. The normalized spacial score (nSPS) is 16.1. The lowest BCUT2D eigenvalue weighted by Gasteiger charge is -2.15. The zero-order valence-corrected chi connectivity index (χ0v) is 8.29.